The number of amides is 2. The molecule has 1 heterocycles. The van der Waals surface area contributed by atoms with E-state index in [1.807, 2.05) is 36.1 Å². The van der Waals surface area contributed by atoms with Gasteiger partial charge in [0.25, 0.3) is 5.91 Å². The highest BCUT2D eigenvalue weighted by molar-refractivity contribution is 5.96. The van der Waals surface area contributed by atoms with Gasteiger partial charge in [-0.1, -0.05) is 42.5 Å². The van der Waals surface area contributed by atoms with Crippen LogP contribution >= 0.6 is 0 Å². The number of benzene rings is 3. The van der Waals surface area contributed by atoms with Gasteiger partial charge in [-0.3, -0.25) is 9.59 Å². The molecule has 4 rings (SSSR count). The number of anilines is 1. The summed E-state index contributed by atoms with van der Waals surface area (Å²) < 4.78 is 5.23. The van der Waals surface area contributed by atoms with E-state index in [9.17, 15) is 9.59 Å². The summed E-state index contributed by atoms with van der Waals surface area (Å²) in [5.74, 6) is 1.33. The van der Waals surface area contributed by atoms with E-state index in [2.05, 4.69) is 41.7 Å². The van der Waals surface area contributed by atoms with Gasteiger partial charge in [-0.25, -0.2) is 0 Å². The van der Waals surface area contributed by atoms with Crippen LogP contribution in [0.5, 0.6) is 5.75 Å². The molecule has 0 aromatic heterocycles. The van der Waals surface area contributed by atoms with Gasteiger partial charge in [0.1, 0.15) is 5.75 Å². The summed E-state index contributed by atoms with van der Waals surface area (Å²) in [6.07, 6.45) is 2.53. The fourth-order valence-electron chi connectivity index (χ4n) is 4.30. The third kappa shape index (κ3) is 4.67. The summed E-state index contributed by atoms with van der Waals surface area (Å²) in [6, 6.07) is 22.3. The number of piperidine rings is 1. The Morgan fingerprint density at radius 2 is 1.59 bits per heavy atom. The lowest BCUT2D eigenvalue weighted by atomic mass is 9.88. The molecule has 1 saturated heterocycles. The van der Waals surface area contributed by atoms with Gasteiger partial charge in [0, 0.05) is 24.3 Å². The second kappa shape index (κ2) is 9.69. The summed E-state index contributed by atoms with van der Waals surface area (Å²) in [5, 5.41) is 2.67. The molecule has 164 valence electrons. The standard InChI is InChI=1S/C27H28N2O3/c1-19-3-4-24(17-26(19)28-18-30)27(31)29-15-13-23(14-16-29)21-7-5-20(6-8-21)22-9-11-25(32-2)12-10-22/h3-12,17-18,23H,13-16H2,1-2H3,(H,28,30). The maximum atomic E-state index is 13.0. The first kappa shape index (κ1) is 21.6. The zero-order valence-corrected chi connectivity index (χ0v) is 18.5. The molecule has 5 heteroatoms. The average Bonchev–Trinajstić information content (AvgIpc) is 2.85. The van der Waals surface area contributed by atoms with E-state index in [-0.39, 0.29) is 5.91 Å². The summed E-state index contributed by atoms with van der Waals surface area (Å²) in [6.45, 7) is 3.37. The molecule has 1 N–H and O–H groups in total. The molecule has 0 saturated carbocycles. The minimum Gasteiger partial charge on any atom is -0.497 e. The molecule has 0 aliphatic carbocycles. The smallest absolute Gasteiger partial charge is 0.253 e. The number of likely N-dealkylation sites (tertiary alicyclic amines) is 1. The van der Waals surface area contributed by atoms with Crippen molar-refractivity contribution in [3.63, 3.8) is 0 Å². The molecule has 3 aromatic rings. The van der Waals surface area contributed by atoms with Crippen molar-refractivity contribution >= 4 is 18.0 Å². The molecule has 0 unspecified atom stereocenters. The molecule has 0 spiro atoms. The predicted molar refractivity (Wildman–Crippen MR) is 127 cm³/mol. The topological polar surface area (TPSA) is 58.6 Å². The van der Waals surface area contributed by atoms with Crippen LogP contribution in [0.1, 0.15) is 40.2 Å². The van der Waals surface area contributed by atoms with Crippen molar-refractivity contribution in [2.24, 2.45) is 0 Å². The van der Waals surface area contributed by atoms with Crippen LogP contribution in [0.4, 0.5) is 5.69 Å². The van der Waals surface area contributed by atoms with E-state index in [0.29, 0.717) is 23.6 Å². The largest absolute Gasteiger partial charge is 0.497 e. The zero-order valence-electron chi connectivity index (χ0n) is 18.5. The molecular weight excluding hydrogens is 400 g/mol. The Kier molecular flexibility index (Phi) is 6.55. The molecule has 1 aliphatic rings. The Labute approximate surface area is 189 Å². The van der Waals surface area contributed by atoms with E-state index in [0.717, 1.165) is 37.2 Å². The fourth-order valence-corrected chi connectivity index (χ4v) is 4.30. The average molecular weight is 429 g/mol. The van der Waals surface area contributed by atoms with Crippen LogP contribution in [0.2, 0.25) is 0 Å². The lowest BCUT2D eigenvalue weighted by Gasteiger charge is -2.32. The first-order chi connectivity index (χ1) is 15.6. The van der Waals surface area contributed by atoms with Gasteiger partial charge in [-0.2, -0.15) is 0 Å². The van der Waals surface area contributed by atoms with Crippen molar-refractivity contribution in [3.05, 3.63) is 83.4 Å². The van der Waals surface area contributed by atoms with Crippen LogP contribution in [-0.2, 0) is 4.79 Å². The number of nitrogens with zero attached hydrogens (tertiary/aromatic N) is 1. The maximum Gasteiger partial charge on any atom is 0.253 e. The highest BCUT2D eigenvalue weighted by atomic mass is 16.5. The second-order valence-electron chi connectivity index (χ2n) is 8.21. The number of carbonyl (C=O) groups excluding carboxylic acids is 2. The second-order valence-corrected chi connectivity index (χ2v) is 8.21. The Hall–Kier alpha value is -3.60. The quantitative estimate of drug-likeness (QED) is 0.545. The molecule has 32 heavy (non-hydrogen) atoms. The first-order valence-corrected chi connectivity index (χ1v) is 10.9. The van der Waals surface area contributed by atoms with Gasteiger partial charge < -0.3 is 15.0 Å². The lowest BCUT2D eigenvalue weighted by molar-refractivity contribution is -0.105. The Bertz CT molecular complexity index is 1080. The van der Waals surface area contributed by atoms with E-state index in [1.165, 1.54) is 16.7 Å². The number of methoxy groups -OCH3 is 1. The van der Waals surface area contributed by atoms with E-state index < -0.39 is 0 Å². The minimum absolute atomic E-state index is 0.0206. The molecule has 1 fully saturated rings. The monoisotopic (exact) mass is 428 g/mol. The van der Waals surface area contributed by atoms with Crippen molar-refractivity contribution in [1.82, 2.24) is 4.90 Å². The van der Waals surface area contributed by atoms with Gasteiger partial charge in [0.2, 0.25) is 6.41 Å². The van der Waals surface area contributed by atoms with Gasteiger partial charge in [-0.05, 0) is 72.2 Å². The van der Waals surface area contributed by atoms with Crippen molar-refractivity contribution in [1.29, 1.82) is 0 Å². The lowest BCUT2D eigenvalue weighted by Crippen LogP contribution is -2.37. The summed E-state index contributed by atoms with van der Waals surface area (Å²) >= 11 is 0. The SMILES string of the molecule is COc1ccc(-c2ccc(C3CCN(C(=O)c4ccc(C)c(NC=O)c4)CC3)cc2)cc1. The molecule has 3 aromatic carbocycles. The van der Waals surface area contributed by atoms with E-state index >= 15 is 0 Å². The van der Waals surface area contributed by atoms with Crippen molar-refractivity contribution in [2.45, 2.75) is 25.7 Å². The first-order valence-electron chi connectivity index (χ1n) is 10.9. The Morgan fingerprint density at radius 1 is 0.969 bits per heavy atom. The summed E-state index contributed by atoms with van der Waals surface area (Å²) in [4.78, 5) is 25.7. The van der Waals surface area contributed by atoms with Gasteiger partial charge in [0.15, 0.2) is 0 Å². The fraction of sp³-hybridized carbons (Fsp3) is 0.259. The third-order valence-corrected chi connectivity index (χ3v) is 6.29. The molecule has 0 radical (unpaired) electrons. The molecule has 0 bridgehead atoms. The van der Waals surface area contributed by atoms with Crippen molar-refractivity contribution in [2.75, 3.05) is 25.5 Å². The Balaban J connectivity index is 1.38. The van der Waals surface area contributed by atoms with Gasteiger partial charge in [0.05, 0.1) is 7.11 Å². The van der Waals surface area contributed by atoms with Gasteiger partial charge >= 0.3 is 0 Å². The highest BCUT2D eigenvalue weighted by Crippen LogP contribution is 2.31. The number of ether oxygens (including phenoxy) is 1. The summed E-state index contributed by atoms with van der Waals surface area (Å²) in [5.41, 5.74) is 5.90. The number of hydrogen-bond donors (Lipinski definition) is 1. The van der Waals surface area contributed by atoms with E-state index in [1.54, 1.807) is 13.2 Å². The molecule has 5 nitrogen and oxygen atoms in total. The molecule has 2 amide bonds. The summed E-state index contributed by atoms with van der Waals surface area (Å²) in [7, 11) is 1.67. The van der Waals surface area contributed by atoms with Crippen LogP contribution in [0.15, 0.2) is 66.7 Å². The van der Waals surface area contributed by atoms with E-state index in [4.69, 9.17) is 4.74 Å². The third-order valence-electron chi connectivity index (χ3n) is 6.29. The van der Waals surface area contributed by atoms with Gasteiger partial charge in [-0.15, -0.1) is 0 Å². The predicted octanol–water partition coefficient (Wildman–Crippen LogP) is 5.26. The number of carbonyl (C=O) groups is 2. The van der Waals surface area contributed by atoms with Crippen LogP contribution in [-0.4, -0.2) is 37.4 Å². The van der Waals surface area contributed by atoms with Crippen LogP contribution < -0.4 is 10.1 Å². The molecular formula is C27H28N2O3. The zero-order chi connectivity index (χ0) is 22.5. The number of nitrogens with one attached hydrogen (secondary N) is 1. The van der Waals surface area contributed by atoms with Crippen LogP contribution in [0.25, 0.3) is 11.1 Å². The minimum atomic E-state index is 0.0206. The van der Waals surface area contributed by atoms with Crippen LogP contribution in [0, 0.1) is 6.92 Å². The number of hydrogen-bond acceptors (Lipinski definition) is 3. The van der Waals surface area contributed by atoms with Crippen molar-refractivity contribution < 1.29 is 14.3 Å². The number of rotatable bonds is 6. The van der Waals surface area contributed by atoms with Crippen molar-refractivity contribution in [3.8, 4) is 16.9 Å². The van der Waals surface area contributed by atoms with Crippen LogP contribution in [0.3, 0.4) is 0 Å². The maximum absolute atomic E-state index is 13.0. The number of aryl methyl sites for hydroxylation is 1. The Morgan fingerprint density at radius 3 is 2.19 bits per heavy atom. The highest BCUT2D eigenvalue weighted by Gasteiger charge is 2.25. The molecule has 1 aliphatic heterocycles. The molecule has 0 atom stereocenters. The normalized spacial score (nSPS) is 14.1.